The van der Waals surface area contributed by atoms with Crippen LogP contribution in [0, 0.1) is 13.8 Å². The van der Waals surface area contributed by atoms with Crippen molar-refractivity contribution in [1.29, 1.82) is 0 Å². The Hall–Kier alpha value is -1.85. The van der Waals surface area contributed by atoms with E-state index in [0.29, 0.717) is 13.0 Å². The number of nitrogens with two attached hydrogens (primary N) is 1. The molecule has 0 aliphatic carbocycles. The number of halogens is 1. The highest BCUT2D eigenvalue weighted by molar-refractivity contribution is 5.85. The summed E-state index contributed by atoms with van der Waals surface area (Å²) in [5.74, 6) is -0.112. The van der Waals surface area contributed by atoms with Crippen molar-refractivity contribution in [2.75, 3.05) is 0 Å². The van der Waals surface area contributed by atoms with Gasteiger partial charge in [0.05, 0.1) is 17.8 Å². The summed E-state index contributed by atoms with van der Waals surface area (Å²) in [6.45, 7) is 9.01. The molecule has 0 bridgehead atoms. The Kier molecular flexibility index (Phi) is 7.64. The van der Waals surface area contributed by atoms with Gasteiger partial charge in [0.25, 0.3) is 0 Å². The lowest BCUT2D eigenvalue weighted by Gasteiger charge is -2.22. The second-order valence-corrected chi connectivity index (χ2v) is 6.64. The van der Waals surface area contributed by atoms with Gasteiger partial charge in [-0.05, 0) is 32.8 Å². The predicted molar refractivity (Wildman–Crippen MR) is 104 cm³/mol. The van der Waals surface area contributed by atoms with E-state index in [-0.39, 0.29) is 18.3 Å². The lowest BCUT2D eigenvalue weighted by molar-refractivity contribution is -0.126. The van der Waals surface area contributed by atoms with Crippen molar-refractivity contribution in [2.24, 2.45) is 5.73 Å². The highest BCUT2D eigenvalue weighted by Crippen LogP contribution is 2.16. The summed E-state index contributed by atoms with van der Waals surface area (Å²) < 4.78 is 1.99. The molecule has 0 aliphatic rings. The Balaban J connectivity index is 0.00000312. The van der Waals surface area contributed by atoms with Crippen molar-refractivity contribution in [1.82, 2.24) is 15.1 Å². The molecule has 1 aromatic carbocycles. The Morgan fingerprint density at radius 1 is 1.28 bits per heavy atom. The SMILES string of the molecule is CCCC(C)(N)C(=O)NCc1c(C)nn(Cc2ccccc2)c1C.Cl. The third-order valence-electron chi connectivity index (χ3n) is 4.42. The number of hydrogen-bond donors (Lipinski definition) is 2. The standard InChI is InChI=1S/C19H28N4O.ClH/c1-5-11-19(4,20)18(24)21-12-17-14(2)22-23(15(17)3)13-16-9-7-6-8-10-16;/h6-10H,5,11-13,20H2,1-4H3,(H,21,24);1H. The van der Waals surface area contributed by atoms with E-state index in [9.17, 15) is 4.79 Å². The number of nitrogens with zero attached hydrogens (tertiary/aromatic N) is 2. The summed E-state index contributed by atoms with van der Waals surface area (Å²) in [6, 6.07) is 10.2. The van der Waals surface area contributed by atoms with E-state index >= 15 is 0 Å². The maximum Gasteiger partial charge on any atom is 0.240 e. The molecule has 0 radical (unpaired) electrons. The second kappa shape index (κ2) is 9.02. The van der Waals surface area contributed by atoms with Crippen molar-refractivity contribution in [2.45, 2.75) is 59.2 Å². The number of benzene rings is 1. The van der Waals surface area contributed by atoms with Crippen LogP contribution in [0.2, 0.25) is 0 Å². The molecule has 138 valence electrons. The van der Waals surface area contributed by atoms with Crippen LogP contribution in [0.4, 0.5) is 0 Å². The molecule has 1 unspecified atom stereocenters. The highest BCUT2D eigenvalue weighted by Gasteiger charge is 2.27. The van der Waals surface area contributed by atoms with E-state index in [1.165, 1.54) is 5.56 Å². The minimum Gasteiger partial charge on any atom is -0.350 e. The predicted octanol–water partition coefficient (Wildman–Crippen LogP) is 3.10. The largest absolute Gasteiger partial charge is 0.350 e. The molecule has 0 fully saturated rings. The van der Waals surface area contributed by atoms with Crippen molar-refractivity contribution >= 4 is 18.3 Å². The van der Waals surface area contributed by atoms with Crippen molar-refractivity contribution < 1.29 is 4.79 Å². The summed E-state index contributed by atoms with van der Waals surface area (Å²) in [7, 11) is 0. The van der Waals surface area contributed by atoms with Crippen LogP contribution in [-0.2, 0) is 17.9 Å². The number of amides is 1. The van der Waals surface area contributed by atoms with Gasteiger partial charge in [-0.25, -0.2) is 0 Å². The number of hydrogen-bond acceptors (Lipinski definition) is 3. The number of carbonyl (C=O) groups excluding carboxylic acids is 1. The van der Waals surface area contributed by atoms with E-state index in [2.05, 4.69) is 22.5 Å². The molecule has 25 heavy (non-hydrogen) atoms. The summed E-state index contributed by atoms with van der Waals surface area (Å²) >= 11 is 0. The zero-order valence-corrected chi connectivity index (χ0v) is 16.3. The van der Waals surface area contributed by atoms with Crippen LogP contribution in [0.25, 0.3) is 0 Å². The second-order valence-electron chi connectivity index (χ2n) is 6.64. The summed E-state index contributed by atoms with van der Waals surface area (Å²) in [5, 5.41) is 7.58. The third-order valence-corrected chi connectivity index (χ3v) is 4.42. The van der Waals surface area contributed by atoms with Crippen LogP contribution in [0.1, 0.15) is 49.2 Å². The Labute approximate surface area is 156 Å². The van der Waals surface area contributed by atoms with E-state index in [1.54, 1.807) is 6.92 Å². The maximum absolute atomic E-state index is 12.3. The first kappa shape index (κ1) is 21.2. The Morgan fingerprint density at radius 3 is 2.52 bits per heavy atom. The third kappa shape index (κ3) is 5.31. The van der Waals surface area contributed by atoms with Gasteiger partial charge in [0.1, 0.15) is 0 Å². The fraction of sp³-hybridized carbons (Fsp3) is 0.474. The highest BCUT2D eigenvalue weighted by atomic mass is 35.5. The van der Waals surface area contributed by atoms with Crippen LogP contribution >= 0.6 is 12.4 Å². The molecule has 0 aliphatic heterocycles. The molecule has 1 amide bonds. The molecule has 6 heteroatoms. The van der Waals surface area contributed by atoms with E-state index in [0.717, 1.165) is 29.9 Å². The van der Waals surface area contributed by atoms with Gasteiger partial charge in [-0.15, -0.1) is 12.4 Å². The van der Waals surface area contributed by atoms with Gasteiger partial charge in [0.2, 0.25) is 5.91 Å². The molecule has 2 rings (SSSR count). The first-order chi connectivity index (χ1) is 11.3. The molecule has 0 spiro atoms. The molecule has 0 saturated heterocycles. The maximum atomic E-state index is 12.3. The minimum atomic E-state index is -0.823. The fourth-order valence-corrected chi connectivity index (χ4v) is 2.90. The first-order valence-electron chi connectivity index (χ1n) is 8.49. The quantitative estimate of drug-likeness (QED) is 0.792. The van der Waals surface area contributed by atoms with Gasteiger partial charge in [-0.2, -0.15) is 5.10 Å². The monoisotopic (exact) mass is 364 g/mol. The average Bonchev–Trinajstić information content (AvgIpc) is 2.80. The number of carbonyl (C=O) groups is 1. The number of rotatable bonds is 7. The van der Waals surface area contributed by atoms with Gasteiger partial charge in [0, 0.05) is 17.8 Å². The minimum absolute atomic E-state index is 0. The number of aryl methyl sites for hydroxylation is 1. The van der Waals surface area contributed by atoms with E-state index < -0.39 is 5.54 Å². The van der Waals surface area contributed by atoms with Gasteiger partial charge >= 0.3 is 0 Å². The van der Waals surface area contributed by atoms with Crippen molar-refractivity contribution in [3.63, 3.8) is 0 Å². The molecule has 3 N–H and O–H groups in total. The normalized spacial score (nSPS) is 13.0. The molecule has 1 atom stereocenters. The average molecular weight is 365 g/mol. The van der Waals surface area contributed by atoms with E-state index in [1.807, 2.05) is 43.7 Å². The Morgan fingerprint density at radius 2 is 1.92 bits per heavy atom. The van der Waals surface area contributed by atoms with Gasteiger partial charge in [0.15, 0.2) is 0 Å². The van der Waals surface area contributed by atoms with Crippen LogP contribution in [-0.4, -0.2) is 21.2 Å². The lowest BCUT2D eigenvalue weighted by atomic mass is 9.96. The zero-order chi connectivity index (χ0) is 17.7. The van der Waals surface area contributed by atoms with Crippen molar-refractivity contribution in [3.05, 3.63) is 52.8 Å². The molecule has 1 heterocycles. The van der Waals surface area contributed by atoms with Gasteiger partial charge in [-0.3, -0.25) is 9.48 Å². The molecular formula is C19H29ClN4O. The van der Waals surface area contributed by atoms with Crippen LogP contribution in [0.5, 0.6) is 0 Å². The van der Waals surface area contributed by atoms with Crippen molar-refractivity contribution in [3.8, 4) is 0 Å². The molecule has 1 aromatic heterocycles. The molecular weight excluding hydrogens is 336 g/mol. The smallest absolute Gasteiger partial charge is 0.240 e. The van der Waals surface area contributed by atoms with Crippen LogP contribution < -0.4 is 11.1 Å². The molecule has 5 nitrogen and oxygen atoms in total. The number of nitrogens with one attached hydrogen (secondary N) is 1. The fourth-order valence-electron chi connectivity index (χ4n) is 2.90. The summed E-state index contributed by atoms with van der Waals surface area (Å²) in [4.78, 5) is 12.3. The topological polar surface area (TPSA) is 72.9 Å². The first-order valence-corrected chi connectivity index (χ1v) is 8.49. The summed E-state index contributed by atoms with van der Waals surface area (Å²) in [5.41, 5.74) is 9.55. The van der Waals surface area contributed by atoms with Crippen LogP contribution in [0.15, 0.2) is 30.3 Å². The Bertz CT molecular complexity index is 695. The van der Waals surface area contributed by atoms with Gasteiger partial charge < -0.3 is 11.1 Å². The lowest BCUT2D eigenvalue weighted by Crippen LogP contribution is -2.51. The molecule has 2 aromatic rings. The van der Waals surface area contributed by atoms with E-state index in [4.69, 9.17) is 5.73 Å². The van der Waals surface area contributed by atoms with Crippen LogP contribution in [0.3, 0.4) is 0 Å². The zero-order valence-electron chi connectivity index (χ0n) is 15.5. The molecule has 0 saturated carbocycles. The number of aromatic nitrogens is 2. The summed E-state index contributed by atoms with van der Waals surface area (Å²) in [6.07, 6.45) is 1.55. The van der Waals surface area contributed by atoms with Gasteiger partial charge in [-0.1, -0.05) is 43.7 Å².